The van der Waals surface area contributed by atoms with Crippen molar-refractivity contribution >= 4 is 5.91 Å². The van der Waals surface area contributed by atoms with Gasteiger partial charge in [-0.15, -0.1) is 0 Å². The molecule has 0 unspecified atom stereocenters. The normalized spacial score (nSPS) is 11.9. The Kier molecular flexibility index (Phi) is 5.14. The lowest BCUT2D eigenvalue weighted by Gasteiger charge is -2.12. The Morgan fingerprint density at radius 1 is 1.16 bits per heavy atom. The first-order chi connectivity index (χ1) is 12.1. The first-order valence-electron chi connectivity index (χ1n) is 8.30. The van der Waals surface area contributed by atoms with Gasteiger partial charge in [-0.2, -0.15) is 0 Å². The van der Waals surface area contributed by atoms with Crippen LogP contribution in [-0.4, -0.2) is 21.0 Å². The Balaban J connectivity index is 1.57. The molecular formula is C20H21N3O2. The molecule has 128 valence electrons. The van der Waals surface area contributed by atoms with Gasteiger partial charge in [0.25, 0.3) is 0 Å². The number of carbonyl (C=O) groups excluding carboxylic acids is 1. The van der Waals surface area contributed by atoms with Crippen LogP contribution in [0.3, 0.4) is 0 Å². The summed E-state index contributed by atoms with van der Waals surface area (Å²) >= 11 is 0. The smallest absolute Gasteiger partial charge is 0.220 e. The van der Waals surface area contributed by atoms with E-state index < -0.39 is 0 Å². The van der Waals surface area contributed by atoms with Crippen LogP contribution in [-0.2, 0) is 11.2 Å². The number of para-hydroxylation sites is 1. The molecule has 3 aromatic rings. The summed E-state index contributed by atoms with van der Waals surface area (Å²) in [5.41, 5.74) is 2.75. The molecule has 1 atom stereocenters. The van der Waals surface area contributed by atoms with Crippen molar-refractivity contribution < 1.29 is 9.90 Å². The van der Waals surface area contributed by atoms with Crippen LogP contribution in [0.25, 0.3) is 11.3 Å². The van der Waals surface area contributed by atoms with Crippen LogP contribution in [0.4, 0.5) is 0 Å². The molecule has 0 bridgehead atoms. The Labute approximate surface area is 146 Å². The van der Waals surface area contributed by atoms with Crippen molar-refractivity contribution in [1.29, 1.82) is 0 Å². The number of H-pyrrole nitrogens is 1. The van der Waals surface area contributed by atoms with Crippen molar-refractivity contribution in [1.82, 2.24) is 15.3 Å². The number of nitrogens with one attached hydrogen (secondary N) is 2. The van der Waals surface area contributed by atoms with Crippen LogP contribution in [0.5, 0.6) is 5.75 Å². The summed E-state index contributed by atoms with van der Waals surface area (Å²) in [5.74, 6) is 0.866. The quantitative estimate of drug-likeness (QED) is 0.644. The van der Waals surface area contributed by atoms with Crippen LogP contribution >= 0.6 is 0 Å². The fourth-order valence-electron chi connectivity index (χ4n) is 2.67. The molecule has 0 spiro atoms. The second-order valence-electron chi connectivity index (χ2n) is 5.97. The van der Waals surface area contributed by atoms with Gasteiger partial charge in [0.05, 0.1) is 17.9 Å². The number of imidazole rings is 1. The average molecular weight is 335 g/mol. The number of phenols is 1. The molecule has 1 heterocycles. The number of amides is 1. The molecule has 0 aliphatic carbocycles. The lowest BCUT2D eigenvalue weighted by molar-refractivity contribution is -0.121. The maximum Gasteiger partial charge on any atom is 0.220 e. The number of nitrogens with zero attached hydrogens (tertiary/aromatic N) is 1. The molecule has 0 aliphatic rings. The highest BCUT2D eigenvalue weighted by atomic mass is 16.3. The number of aromatic hydroxyl groups is 1. The van der Waals surface area contributed by atoms with Gasteiger partial charge in [0, 0.05) is 6.42 Å². The molecule has 25 heavy (non-hydrogen) atoms. The van der Waals surface area contributed by atoms with Gasteiger partial charge in [-0.3, -0.25) is 4.79 Å². The van der Waals surface area contributed by atoms with Gasteiger partial charge >= 0.3 is 0 Å². The highest BCUT2D eigenvalue weighted by Crippen LogP contribution is 2.20. The van der Waals surface area contributed by atoms with E-state index in [1.807, 2.05) is 49.4 Å². The summed E-state index contributed by atoms with van der Waals surface area (Å²) in [6.07, 6.45) is 2.59. The van der Waals surface area contributed by atoms with Gasteiger partial charge in [0.1, 0.15) is 11.6 Å². The molecule has 0 fully saturated rings. The molecule has 0 aliphatic heterocycles. The minimum absolute atomic E-state index is 0.0755. The second kappa shape index (κ2) is 7.66. The number of phenolic OH excluding ortho intramolecular Hbond substituents is 1. The molecule has 0 saturated heterocycles. The summed E-state index contributed by atoms with van der Waals surface area (Å²) in [5, 5.41) is 12.7. The van der Waals surface area contributed by atoms with Crippen LogP contribution in [0.15, 0.2) is 60.8 Å². The van der Waals surface area contributed by atoms with Gasteiger partial charge in [-0.05, 0) is 30.5 Å². The topological polar surface area (TPSA) is 78.0 Å². The Morgan fingerprint density at radius 2 is 1.88 bits per heavy atom. The number of hydrogen-bond acceptors (Lipinski definition) is 3. The molecular weight excluding hydrogens is 314 g/mol. The standard InChI is InChI=1S/C20H21N3O2/c1-14(20-21-13-17(23-20)15-7-3-2-4-8-15)22-19(25)12-11-16-9-5-6-10-18(16)24/h2-10,13-14,24H,11-12H2,1H3,(H,21,23)(H,22,25)/t14-/m0/s1. The van der Waals surface area contributed by atoms with Crippen molar-refractivity contribution in [3.63, 3.8) is 0 Å². The number of rotatable bonds is 6. The summed E-state index contributed by atoms with van der Waals surface area (Å²) in [7, 11) is 0. The van der Waals surface area contributed by atoms with E-state index >= 15 is 0 Å². The molecule has 5 heteroatoms. The number of aromatic amines is 1. The molecule has 1 amide bonds. The van der Waals surface area contributed by atoms with E-state index in [-0.39, 0.29) is 17.7 Å². The Bertz CT molecular complexity index is 843. The van der Waals surface area contributed by atoms with Gasteiger partial charge in [0.15, 0.2) is 0 Å². The lowest BCUT2D eigenvalue weighted by Crippen LogP contribution is -2.27. The summed E-state index contributed by atoms with van der Waals surface area (Å²) < 4.78 is 0. The monoisotopic (exact) mass is 335 g/mol. The van der Waals surface area contributed by atoms with E-state index in [4.69, 9.17) is 0 Å². The van der Waals surface area contributed by atoms with E-state index in [2.05, 4.69) is 15.3 Å². The third-order valence-corrected chi connectivity index (χ3v) is 4.08. The average Bonchev–Trinajstić information content (AvgIpc) is 3.12. The van der Waals surface area contributed by atoms with Crippen LogP contribution in [0, 0.1) is 0 Å². The van der Waals surface area contributed by atoms with Crippen molar-refractivity contribution in [3.8, 4) is 17.0 Å². The lowest BCUT2D eigenvalue weighted by atomic mass is 10.1. The summed E-state index contributed by atoms with van der Waals surface area (Å²) in [4.78, 5) is 19.8. The SMILES string of the molecule is C[C@H](NC(=O)CCc1ccccc1O)c1ncc(-c2ccccc2)[nH]1. The van der Waals surface area contributed by atoms with Crippen molar-refractivity contribution in [2.75, 3.05) is 0 Å². The number of aryl methyl sites for hydroxylation is 1. The van der Waals surface area contributed by atoms with E-state index in [1.165, 1.54) is 0 Å². The fraction of sp³-hybridized carbons (Fsp3) is 0.200. The molecule has 3 rings (SSSR count). The Morgan fingerprint density at radius 3 is 2.64 bits per heavy atom. The number of hydrogen-bond donors (Lipinski definition) is 3. The van der Waals surface area contributed by atoms with E-state index in [0.717, 1.165) is 22.6 Å². The zero-order chi connectivity index (χ0) is 17.6. The molecule has 3 N–H and O–H groups in total. The fourth-order valence-corrected chi connectivity index (χ4v) is 2.67. The largest absolute Gasteiger partial charge is 0.508 e. The van der Waals surface area contributed by atoms with Gasteiger partial charge in [0.2, 0.25) is 5.91 Å². The molecule has 2 aromatic carbocycles. The summed E-state index contributed by atoms with van der Waals surface area (Å²) in [6, 6.07) is 16.8. The number of aromatic nitrogens is 2. The zero-order valence-electron chi connectivity index (χ0n) is 14.1. The summed E-state index contributed by atoms with van der Waals surface area (Å²) in [6.45, 7) is 1.89. The predicted molar refractivity (Wildman–Crippen MR) is 97.0 cm³/mol. The van der Waals surface area contributed by atoms with Gasteiger partial charge < -0.3 is 15.4 Å². The van der Waals surface area contributed by atoms with Crippen LogP contribution in [0.1, 0.15) is 30.8 Å². The predicted octanol–water partition coefficient (Wildman–Crippen LogP) is 3.59. The molecule has 5 nitrogen and oxygen atoms in total. The molecule has 1 aromatic heterocycles. The maximum atomic E-state index is 12.2. The highest BCUT2D eigenvalue weighted by molar-refractivity contribution is 5.76. The van der Waals surface area contributed by atoms with Crippen molar-refractivity contribution in [2.24, 2.45) is 0 Å². The van der Waals surface area contributed by atoms with E-state index in [9.17, 15) is 9.90 Å². The number of benzene rings is 2. The van der Waals surface area contributed by atoms with Gasteiger partial charge in [-0.25, -0.2) is 4.98 Å². The third kappa shape index (κ3) is 4.26. The van der Waals surface area contributed by atoms with E-state index in [0.29, 0.717) is 12.8 Å². The van der Waals surface area contributed by atoms with Crippen molar-refractivity contribution in [2.45, 2.75) is 25.8 Å². The van der Waals surface area contributed by atoms with E-state index in [1.54, 1.807) is 18.3 Å². The number of carbonyl (C=O) groups is 1. The first kappa shape index (κ1) is 16.8. The minimum Gasteiger partial charge on any atom is -0.508 e. The van der Waals surface area contributed by atoms with Gasteiger partial charge in [-0.1, -0.05) is 48.5 Å². The third-order valence-electron chi connectivity index (χ3n) is 4.08. The van der Waals surface area contributed by atoms with Crippen molar-refractivity contribution in [3.05, 3.63) is 72.2 Å². The molecule has 0 radical (unpaired) electrons. The van der Waals surface area contributed by atoms with Crippen LogP contribution in [0.2, 0.25) is 0 Å². The minimum atomic E-state index is -0.214. The van der Waals surface area contributed by atoms with Crippen LogP contribution < -0.4 is 5.32 Å². The second-order valence-corrected chi connectivity index (χ2v) is 5.97. The Hall–Kier alpha value is -3.08. The highest BCUT2D eigenvalue weighted by Gasteiger charge is 2.14. The molecule has 0 saturated carbocycles. The zero-order valence-corrected chi connectivity index (χ0v) is 14.1. The maximum absolute atomic E-state index is 12.2. The first-order valence-corrected chi connectivity index (χ1v) is 8.30.